The Hall–Kier alpha value is -3.34. The van der Waals surface area contributed by atoms with E-state index in [1.54, 1.807) is 55.6 Å². The van der Waals surface area contributed by atoms with Gasteiger partial charge in [-0.3, -0.25) is 4.55 Å². The van der Waals surface area contributed by atoms with E-state index in [-0.39, 0.29) is 10.6 Å². The molecule has 4 aromatic rings. The molecule has 3 N–H and O–H groups in total. The number of aliphatic hydroxyl groups excluding tert-OH is 1. The number of phenolic OH excluding ortho intramolecular Hbond substituents is 1. The van der Waals surface area contributed by atoms with Gasteiger partial charge in [0, 0.05) is 22.5 Å². The minimum atomic E-state index is -4.57. The van der Waals surface area contributed by atoms with E-state index in [2.05, 4.69) is 6.92 Å². The van der Waals surface area contributed by atoms with Gasteiger partial charge in [0.2, 0.25) is 0 Å². The van der Waals surface area contributed by atoms with Gasteiger partial charge in [0.25, 0.3) is 10.1 Å². The predicted molar refractivity (Wildman–Crippen MR) is 156 cm³/mol. The molecule has 0 aromatic heterocycles. The summed E-state index contributed by atoms with van der Waals surface area (Å²) in [5.41, 5.74) is 2.59. The number of unbranched alkanes of at least 4 members (excludes halogenated alkanes) is 1. The van der Waals surface area contributed by atoms with Crippen LogP contribution in [-0.4, -0.2) is 36.9 Å². The van der Waals surface area contributed by atoms with E-state index >= 15 is 0 Å². The highest BCUT2D eigenvalue weighted by Crippen LogP contribution is 2.39. The van der Waals surface area contributed by atoms with Crippen LogP contribution in [0.25, 0.3) is 11.1 Å². The summed E-state index contributed by atoms with van der Waals surface area (Å²) in [7, 11) is -3.01. The molecule has 0 radical (unpaired) electrons. The van der Waals surface area contributed by atoms with Crippen LogP contribution in [0, 0.1) is 0 Å². The maximum absolute atomic E-state index is 12.4. The van der Waals surface area contributed by atoms with Crippen LogP contribution < -0.4 is 4.74 Å². The van der Waals surface area contributed by atoms with Gasteiger partial charge in [-0.25, -0.2) is 0 Å². The van der Waals surface area contributed by atoms with Gasteiger partial charge in [0.05, 0.1) is 13.2 Å². The van der Waals surface area contributed by atoms with Gasteiger partial charge in [-0.05, 0) is 77.2 Å². The summed E-state index contributed by atoms with van der Waals surface area (Å²) >= 11 is 1.21. The molecule has 0 aliphatic carbocycles. The third-order valence-electron chi connectivity index (χ3n) is 6.30. The van der Waals surface area contributed by atoms with Crippen LogP contribution in [0.4, 0.5) is 0 Å². The van der Waals surface area contributed by atoms with Gasteiger partial charge in [-0.1, -0.05) is 61.5 Å². The molecule has 210 valence electrons. The lowest BCUT2D eigenvalue weighted by Gasteiger charge is -2.19. The van der Waals surface area contributed by atoms with Crippen molar-refractivity contribution in [3.8, 4) is 22.6 Å². The van der Waals surface area contributed by atoms with E-state index < -0.39 is 16.2 Å². The normalized spacial score (nSPS) is 12.3. The lowest BCUT2D eigenvalue weighted by molar-refractivity contribution is 0.183. The second-order valence-electron chi connectivity index (χ2n) is 9.23. The van der Waals surface area contributed by atoms with E-state index in [9.17, 15) is 23.2 Å². The van der Waals surface area contributed by atoms with E-state index in [0.29, 0.717) is 40.4 Å². The molecule has 1 unspecified atom stereocenters. The highest BCUT2D eigenvalue weighted by molar-refractivity contribution is 8.00. The molecule has 0 saturated heterocycles. The fourth-order valence-electron chi connectivity index (χ4n) is 4.27. The average molecular weight is 581 g/mol. The van der Waals surface area contributed by atoms with Crippen molar-refractivity contribution in [3.63, 3.8) is 0 Å². The van der Waals surface area contributed by atoms with E-state index in [1.165, 1.54) is 23.9 Å². The molecule has 4 aromatic carbocycles. The third-order valence-corrected chi connectivity index (χ3v) is 8.41. The lowest BCUT2D eigenvalue weighted by Crippen LogP contribution is -2.05. The van der Waals surface area contributed by atoms with Gasteiger partial charge >= 0.3 is 0 Å². The summed E-state index contributed by atoms with van der Waals surface area (Å²) in [5, 5.41) is 21.8. The first-order chi connectivity index (χ1) is 19.2. The van der Waals surface area contributed by atoms with Crippen molar-refractivity contribution in [2.24, 2.45) is 0 Å². The zero-order chi connectivity index (χ0) is 28.7. The Morgan fingerprint density at radius 3 is 2.38 bits per heavy atom. The van der Waals surface area contributed by atoms with Crippen molar-refractivity contribution in [1.29, 1.82) is 0 Å². The molecule has 0 heterocycles. The fourth-order valence-corrected chi connectivity index (χ4v) is 6.13. The Morgan fingerprint density at radius 2 is 1.68 bits per heavy atom. The predicted octanol–water partition coefficient (Wildman–Crippen LogP) is 6.86. The Balaban J connectivity index is 1.68. The minimum absolute atomic E-state index is 0.0747. The number of hydrogen-bond donors (Lipinski definition) is 3. The zero-order valence-corrected chi connectivity index (χ0v) is 23.9. The lowest BCUT2D eigenvalue weighted by atomic mass is 9.92. The summed E-state index contributed by atoms with van der Waals surface area (Å²) < 4.78 is 45.9. The molecule has 0 aliphatic heterocycles. The van der Waals surface area contributed by atoms with Crippen LogP contribution in [0.5, 0.6) is 11.5 Å². The summed E-state index contributed by atoms with van der Waals surface area (Å²) in [5.74, 6) is 0.659. The fraction of sp³-hybridized carbons (Fsp3) is 0.226. The Kier molecular flexibility index (Phi) is 9.89. The number of rotatable bonds is 12. The molecule has 0 fully saturated rings. The van der Waals surface area contributed by atoms with Gasteiger partial charge in [0.1, 0.15) is 22.5 Å². The molecule has 4 rings (SSSR count). The van der Waals surface area contributed by atoms with Gasteiger partial charge in [-0.15, -0.1) is 0 Å². The molecular weight excluding hydrogens is 548 g/mol. The van der Waals surface area contributed by atoms with Crippen LogP contribution in [0.1, 0.15) is 42.6 Å². The Morgan fingerprint density at radius 1 is 0.925 bits per heavy atom. The second kappa shape index (κ2) is 13.3. The third kappa shape index (κ3) is 7.24. The van der Waals surface area contributed by atoms with Crippen LogP contribution >= 0.6 is 11.8 Å². The number of hydrogen-bond acceptors (Lipinski definition) is 7. The summed E-state index contributed by atoms with van der Waals surface area (Å²) in [6.07, 6.45) is 0.798. The molecule has 0 spiro atoms. The first-order valence-electron chi connectivity index (χ1n) is 12.8. The summed E-state index contributed by atoms with van der Waals surface area (Å²) in [4.78, 5) is 0.893. The molecule has 0 saturated carbocycles. The SMILES string of the molecule is CCCCOc1ccc(Sc2ccc(-c3ccccc3C(O)c3cc(COC)ccc3O)cc2S(=O)(=O)O)cc1. The minimum Gasteiger partial charge on any atom is -0.508 e. The first-order valence-corrected chi connectivity index (χ1v) is 15.1. The van der Waals surface area contributed by atoms with E-state index in [1.807, 2.05) is 24.3 Å². The number of ether oxygens (including phenoxy) is 2. The maximum atomic E-state index is 12.4. The molecule has 40 heavy (non-hydrogen) atoms. The summed E-state index contributed by atoms with van der Waals surface area (Å²) in [6, 6.07) is 24.0. The second-order valence-corrected chi connectivity index (χ2v) is 11.7. The highest BCUT2D eigenvalue weighted by Gasteiger charge is 2.22. The smallest absolute Gasteiger partial charge is 0.295 e. The van der Waals surface area contributed by atoms with Crippen molar-refractivity contribution >= 4 is 21.9 Å². The molecule has 0 amide bonds. The van der Waals surface area contributed by atoms with Crippen LogP contribution in [0.15, 0.2) is 99.6 Å². The van der Waals surface area contributed by atoms with Crippen LogP contribution in [-0.2, 0) is 21.5 Å². The van der Waals surface area contributed by atoms with Crippen molar-refractivity contribution in [3.05, 3.63) is 102 Å². The Bertz CT molecular complexity index is 1550. The molecule has 9 heteroatoms. The molecule has 0 aliphatic rings. The molecule has 1 atom stereocenters. The van der Waals surface area contributed by atoms with Crippen molar-refractivity contribution in [2.75, 3.05) is 13.7 Å². The number of aliphatic hydroxyl groups is 1. The Labute approximate surface area is 239 Å². The monoisotopic (exact) mass is 580 g/mol. The van der Waals surface area contributed by atoms with E-state index in [0.717, 1.165) is 29.1 Å². The van der Waals surface area contributed by atoms with E-state index in [4.69, 9.17) is 9.47 Å². The largest absolute Gasteiger partial charge is 0.508 e. The van der Waals surface area contributed by atoms with Crippen molar-refractivity contribution in [1.82, 2.24) is 0 Å². The standard InChI is InChI=1S/C31H32O7S2/c1-3-4-17-38-23-11-13-24(14-12-23)39-29-16-10-22(19-30(29)40(34,35)36)25-7-5-6-8-26(25)31(33)27-18-21(20-37-2)9-15-28(27)32/h5-16,18-19,31-33H,3-4,17,20H2,1-2H3,(H,34,35,36). The number of aromatic hydroxyl groups is 1. The molecule has 0 bridgehead atoms. The van der Waals surface area contributed by atoms with Crippen molar-refractivity contribution in [2.45, 2.75) is 47.2 Å². The number of methoxy groups -OCH3 is 1. The topological polar surface area (TPSA) is 113 Å². The van der Waals surface area contributed by atoms with Crippen molar-refractivity contribution < 1.29 is 32.7 Å². The van der Waals surface area contributed by atoms with Gasteiger partial charge < -0.3 is 19.7 Å². The number of phenols is 1. The van der Waals surface area contributed by atoms with Crippen LogP contribution in [0.3, 0.4) is 0 Å². The molecular formula is C31H32O7S2. The highest BCUT2D eigenvalue weighted by atomic mass is 32.2. The molecule has 7 nitrogen and oxygen atoms in total. The maximum Gasteiger partial charge on any atom is 0.295 e. The summed E-state index contributed by atoms with van der Waals surface area (Å²) in [6.45, 7) is 3.04. The number of benzene rings is 4. The average Bonchev–Trinajstić information content (AvgIpc) is 2.94. The van der Waals surface area contributed by atoms with Gasteiger partial charge in [-0.2, -0.15) is 8.42 Å². The quantitative estimate of drug-likeness (QED) is 0.123. The zero-order valence-electron chi connectivity index (χ0n) is 22.3. The van der Waals surface area contributed by atoms with Crippen LogP contribution in [0.2, 0.25) is 0 Å². The first kappa shape index (κ1) is 29.6. The van der Waals surface area contributed by atoms with Gasteiger partial charge in [0.15, 0.2) is 0 Å².